The lowest BCUT2D eigenvalue weighted by atomic mass is 10.0. The summed E-state index contributed by atoms with van der Waals surface area (Å²) in [7, 11) is 1.48. The van der Waals surface area contributed by atoms with E-state index in [1.54, 1.807) is 12.1 Å². The fourth-order valence-corrected chi connectivity index (χ4v) is 1.76. The number of hydrogen-bond acceptors (Lipinski definition) is 3. The first-order chi connectivity index (χ1) is 6.61. The fourth-order valence-electron chi connectivity index (χ4n) is 1.19. The lowest BCUT2D eigenvalue weighted by Crippen LogP contribution is -2.02. The predicted octanol–water partition coefficient (Wildman–Crippen LogP) is 2.37. The zero-order valence-corrected chi connectivity index (χ0v) is 9.95. The van der Waals surface area contributed by atoms with Gasteiger partial charge < -0.3 is 4.74 Å². The van der Waals surface area contributed by atoms with Gasteiger partial charge in [0.05, 0.1) is 18.2 Å². The molecule has 3 nitrogen and oxygen atoms in total. The largest absolute Gasteiger partial charge is 0.496 e. The Balaban J connectivity index is 3.54. The fraction of sp³-hybridized carbons (Fsp3) is 0.200. The molecule has 1 aromatic carbocycles. The average Bonchev–Trinajstić information content (AvgIpc) is 2.17. The van der Waals surface area contributed by atoms with E-state index in [1.807, 2.05) is 28.7 Å². The number of ketones is 1. The summed E-state index contributed by atoms with van der Waals surface area (Å²) in [6.45, 7) is 1.43. The van der Waals surface area contributed by atoms with Crippen molar-refractivity contribution < 1.29 is 9.53 Å². The van der Waals surface area contributed by atoms with E-state index < -0.39 is 0 Å². The van der Waals surface area contributed by atoms with E-state index in [9.17, 15) is 4.79 Å². The monoisotopic (exact) mass is 301 g/mol. The van der Waals surface area contributed by atoms with Crippen LogP contribution in [0, 0.1) is 14.9 Å². The highest BCUT2D eigenvalue weighted by molar-refractivity contribution is 14.1. The van der Waals surface area contributed by atoms with Crippen molar-refractivity contribution in [2.75, 3.05) is 7.11 Å². The van der Waals surface area contributed by atoms with Gasteiger partial charge in [0.2, 0.25) is 0 Å². The Hall–Kier alpha value is -1.09. The lowest BCUT2D eigenvalue weighted by Gasteiger charge is -2.08. The van der Waals surface area contributed by atoms with E-state index in [0.29, 0.717) is 16.9 Å². The molecule has 0 unspecified atom stereocenters. The second kappa shape index (κ2) is 4.42. The molecule has 0 aromatic heterocycles. The molecule has 4 heteroatoms. The molecule has 0 amide bonds. The maximum Gasteiger partial charge on any atom is 0.164 e. The van der Waals surface area contributed by atoms with Crippen molar-refractivity contribution in [1.29, 1.82) is 5.26 Å². The second-order valence-electron chi connectivity index (χ2n) is 2.67. The third kappa shape index (κ3) is 1.87. The van der Waals surface area contributed by atoms with Crippen LogP contribution in [0.4, 0.5) is 0 Å². The van der Waals surface area contributed by atoms with Gasteiger partial charge in [-0.2, -0.15) is 5.26 Å². The van der Waals surface area contributed by atoms with Crippen LogP contribution in [0.2, 0.25) is 0 Å². The van der Waals surface area contributed by atoms with E-state index >= 15 is 0 Å². The molecule has 0 radical (unpaired) electrons. The third-order valence-corrected chi connectivity index (χ3v) is 2.70. The van der Waals surface area contributed by atoms with Crippen molar-refractivity contribution in [3.05, 3.63) is 26.8 Å². The summed E-state index contributed by atoms with van der Waals surface area (Å²) in [6.07, 6.45) is 0. The van der Waals surface area contributed by atoms with Gasteiger partial charge in [0.25, 0.3) is 0 Å². The van der Waals surface area contributed by atoms with Gasteiger partial charge in [-0.25, -0.2) is 0 Å². The molecular formula is C10H8INO2. The third-order valence-electron chi connectivity index (χ3n) is 1.80. The highest BCUT2D eigenvalue weighted by Crippen LogP contribution is 2.26. The Morgan fingerprint density at radius 3 is 2.64 bits per heavy atom. The first kappa shape index (κ1) is 11.0. The molecule has 1 rings (SSSR count). The molecule has 0 aliphatic carbocycles. The first-order valence-corrected chi connectivity index (χ1v) is 4.97. The highest BCUT2D eigenvalue weighted by Gasteiger charge is 2.16. The summed E-state index contributed by atoms with van der Waals surface area (Å²) in [5.74, 6) is 0.298. The van der Waals surface area contributed by atoms with Crippen molar-refractivity contribution in [2.45, 2.75) is 6.92 Å². The van der Waals surface area contributed by atoms with Gasteiger partial charge in [-0.05, 0) is 41.6 Å². The number of methoxy groups -OCH3 is 1. The average molecular weight is 301 g/mol. The maximum atomic E-state index is 11.3. The summed E-state index contributed by atoms with van der Waals surface area (Å²) < 4.78 is 5.79. The van der Waals surface area contributed by atoms with Crippen LogP contribution in [0.5, 0.6) is 5.75 Å². The first-order valence-electron chi connectivity index (χ1n) is 3.89. The summed E-state index contributed by atoms with van der Waals surface area (Å²) in [4.78, 5) is 11.3. The van der Waals surface area contributed by atoms with Crippen molar-refractivity contribution in [2.24, 2.45) is 0 Å². The van der Waals surface area contributed by atoms with Crippen molar-refractivity contribution in [3.8, 4) is 11.8 Å². The number of Topliss-reactive ketones (excluding diaryl/α,β-unsaturated/α-hetero) is 1. The lowest BCUT2D eigenvalue weighted by molar-refractivity contribution is 0.101. The molecule has 0 spiro atoms. The van der Waals surface area contributed by atoms with E-state index in [0.717, 1.165) is 3.57 Å². The SMILES string of the molecule is COc1ccc(I)c(C#N)c1C(C)=O. The Bertz CT molecular complexity index is 421. The van der Waals surface area contributed by atoms with Gasteiger partial charge in [0.1, 0.15) is 11.8 Å². The number of benzene rings is 1. The Kier molecular flexibility index (Phi) is 3.47. The molecule has 0 bridgehead atoms. The molecule has 14 heavy (non-hydrogen) atoms. The van der Waals surface area contributed by atoms with Crippen LogP contribution in [-0.4, -0.2) is 12.9 Å². The number of ether oxygens (including phenoxy) is 1. The smallest absolute Gasteiger partial charge is 0.164 e. The molecular weight excluding hydrogens is 293 g/mol. The number of nitriles is 1. The molecule has 72 valence electrons. The number of halogens is 1. The van der Waals surface area contributed by atoms with Crippen LogP contribution in [-0.2, 0) is 0 Å². The number of carbonyl (C=O) groups is 1. The molecule has 0 fully saturated rings. The molecule has 0 atom stereocenters. The number of rotatable bonds is 2. The van der Waals surface area contributed by atoms with Gasteiger partial charge in [-0.1, -0.05) is 0 Å². The summed E-state index contributed by atoms with van der Waals surface area (Å²) >= 11 is 2.02. The summed E-state index contributed by atoms with van der Waals surface area (Å²) in [5, 5.41) is 8.91. The van der Waals surface area contributed by atoms with Gasteiger partial charge in [-0.15, -0.1) is 0 Å². The number of hydrogen-bond donors (Lipinski definition) is 0. The van der Waals surface area contributed by atoms with Crippen molar-refractivity contribution in [1.82, 2.24) is 0 Å². The van der Waals surface area contributed by atoms with Crippen LogP contribution in [0.1, 0.15) is 22.8 Å². The van der Waals surface area contributed by atoms with Crippen LogP contribution >= 0.6 is 22.6 Å². The standard InChI is InChI=1S/C10H8INO2/c1-6(13)10-7(5-12)8(11)3-4-9(10)14-2/h3-4H,1-2H3. The predicted molar refractivity (Wildman–Crippen MR) is 60.4 cm³/mol. The van der Waals surface area contributed by atoms with E-state index in [4.69, 9.17) is 10.00 Å². The van der Waals surface area contributed by atoms with Crippen LogP contribution in [0.25, 0.3) is 0 Å². The van der Waals surface area contributed by atoms with Crippen LogP contribution in [0.3, 0.4) is 0 Å². The zero-order chi connectivity index (χ0) is 10.7. The minimum atomic E-state index is -0.156. The number of carbonyl (C=O) groups excluding carboxylic acids is 1. The topological polar surface area (TPSA) is 50.1 Å². The highest BCUT2D eigenvalue weighted by atomic mass is 127. The number of nitrogens with zero attached hydrogens (tertiary/aromatic N) is 1. The van der Waals surface area contributed by atoms with Crippen molar-refractivity contribution in [3.63, 3.8) is 0 Å². The van der Waals surface area contributed by atoms with E-state index in [-0.39, 0.29) is 5.78 Å². The Labute approximate surface area is 95.8 Å². The van der Waals surface area contributed by atoms with Gasteiger partial charge in [0, 0.05) is 3.57 Å². The van der Waals surface area contributed by atoms with Gasteiger partial charge in [0.15, 0.2) is 5.78 Å². The second-order valence-corrected chi connectivity index (χ2v) is 3.83. The Morgan fingerprint density at radius 1 is 1.57 bits per heavy atom. The van der Waals surface area contributed by atoms with Gasteiger partial charge in [-0.3, -0.25) is 4.79 Å². The molecule has 0 N–H and O–H groups in total. The molecule has 1 aromatic rings. The van der Waals surface area contributed by atoms with Crippen LogP contribution < -0.4 is 4.74 Å². The summed E-state index contributed by atoms with van der Waals surface area (Å²) in [5.41, 5.74) is 0.749. The minimum Gasteiger partial charge on any atom is -0.496 e. The van der Waals surface area contributed by atoms with Gasteiger partial charge >= 0.3 is 0 Å². The summed E-state index contributed by atoms with van der Waals surface area (Å²) in [6, 6.07) is 5.46. The quantitative estimate of drug-likeness (QED) is 0.622. The minimum absolute atomic E-state index is 0.156. The van der Waals surface area contributed by atoms with Crippen molar-refractivity contribution >= 4 is 28.4 Å². The zero-order valence-electron chi connectivity index (χ0n) is 7.80. The maximum absolute atomic E-state index is 11.3. The molecule has 0 aliphatic rings. The molecule has 0 heterocycles. The van der Waals surface area contributed by atoms with E-state index in [2.05, 4.69) is 0 Å². The Morgan fingerprint density at radius 2 is 2.21 bits per heavy atom. The van der Waals surface area contributed by atoms with Crippen LogP contribution in [0.15, 0.2) is 12.1 Å². The molecule has 0 aliphatic heterocycles. The normalized spacial score (nSPS) is 9.29. The molecule has 0 saturated heterocycles. The van der Waals surface area contributed by atoms with E-state index in [1.165, 1.54) is 14.0 Å². The molecule has 0 saturated carbocycles.